The van der Waals surface area contributed by atoms with E-state index in [0.717, 1.165) is 30.1 Å². The maximum Gasteiger partial charge on any atom is 0.181 e. The zero-order chi connectivity index (χ0) is 13.8. The van der Waals surface area contributed by atoms with Crippen molar-refractivity contribution < 1.29 is 0 Å². The van der Waals surface area contributed by atoms with E-state index in [-0.39, 0.29) is 0 Å². The molecule has 102 valence electrons. The lowest BCUT2D eigenvalue weighted by atomic mass is 10.0. The quantitative estimate of drug-likeness (QED) is 0.894. The van der Waals surface area contributed by atoms with Gasteiger partial charge in [0.15, 0.2) is 5.82 Å². The van der Waals surface area contributed by atoms with Crippen LogP contribution in [0.25, 0.3) is 11.4 Å². The SMILES string of the molecule is CC(C)Cc1ccc(-c2nc(CCN)n(C)n2)cc1. The Kier molecular flexibility index (Phi) is 4.32. The standard InChI is InChI=1S/C15H22N4/c1-11(2)10-12-4-6-13(7-5-12)15-17-14(8-9-16)19(3)18-15/h4-7,11H,8-10,16H2,1-3H3. The first-order valence-corrected chi connectivity index (χ1v) is 6.79. The molecule has 0 unspecified atom stereocenters. The molecule has 0 spiro atoms. The highest BCUT2D eigenvalue weighted by Gasteiger charge is 2.08. The van der Waals surface area contributed by atoms with Crippen LogP contribution in [0, 0.1) is 5.92 Å². The van der Waals surface area contributed by atoms with Gasteiger partial charge in [0.1, 0.15) is 5.82 Å². The van der Waals surface area contributed by atoms with Gasteiger partial charge in [-0.15, -0.1) is 0 Å². The third-order valence-electron chi connectivity index (χ3n) is 3.08. The lowest BCUT2D eigenvalue weighted by molar-refractivity contribution is 0.647. The van der Waals surface area contributed by atoms with Crippen LogP contribution in [0.2, 0.25) is 0 Å². The van der Waals surface area contributed by atoms with Crippen LogP contribution in [0.15, 0.2) is 24.3 Å². The van der Waals surface area contributed by atoms with Crippen molar-refractivity contribution in [1.29, 1.82) is 0 Å². The molecule has 4 heteroatoms. The molecule has 0 bridgehead atoms. The summed E-state index contributed by atoms with van der Waals surface area (Å²) in [6.07, 6.45) is 1.86. The van der Waals surface area contributed by atoms with E-state index < -0.39 is 0 Å². The molecule has 0 saturated carbocycles. The maximum atomic E-state index is 5.56. The van der Waals surface area contributed by atoms with E-state index in [1.54, 1.807) is 0 Å². The van der Waals surface area contributed by atoms with Gasteiger partial charge >= 0.3 is 0 Å². The van der Waals surface area contributed by atoms with E-state index in [2.05, 4.69) is 48.2 Å². The number of aryl methyl sites for hydroxylation is 1. The molecule has 1 aromatic heterocycles. The largest absolute Gasteiger partial charge is 0.330 e. The Balaban J connectivity index is 2.19. The van der Waals surface area contributed by atoms with Crippen LogP contribution in [0.4, 0.5) is 0 Å². The van der Waals surface area contributed by atoms with Crippen molar-refractivity contribution in [3.63, 3.8) is 0 Å². The molecule has 1 heterocycles. The number of hydrogen-bond acceptors (Lipinski definition) is 3. The van der Waals surface area contributed by atoms with E-state index in [4.69, 9.17) is 5.73 Å². The van der Waals surface area contributed by atoms with Crippen LogP contribution in [-0.2, 0) is 19.9 Å². The summed E-state index contributed by atoms with van der Waals surface area (Å²) in [5, 5.41) is 4.44. The second-order valence-corrected chi connectivity index (χ2v) is 5.31. The highest BCUT2D eigenvalue weighted by molar-refractivity contribution is 5.55. The minimum absolute atomic E-state index is 0.597. The number of nitrogens with zero attached hydrogens (tertiary/aromatic N) is 3. The Bertz CT molecular complexity index is 526. The smallest absolute Gasteiger partial charge is 0.181 e. The second-order valence-electron chi connectivity index (χ2n) is 5.31. The van der Waals surface area contributed by atoms with Gasteiger partial charge in [-0.3, -0.25) is 4.68 Å². The average molecular weight is 258 g/mol. The van der Waals surface area contributed by atoms with E-state index in [1.165, 1.54) is 5.56 Å². The predicted octanol–water partition coefficient (Wildman–Crippen LogP) is 2.18. The van der Waals surface area contributed by atoms with Gasteiger partial charge < -0.3 is 5.73 Å². The summed E-state index contributed by atoms with van der Waals surface area (Å²) in [4.78, 5) is 4.53. The zero-order valence-corrected chi connectivity index (χ0v) is 11.9. The Labute approximate surface area is 114 Å². The summed E-state index contributed by atoms with van der Waals surface area (Å²) in [5.41, 5.74) is 7.98. The molecule has 4 nitrogen and oxygen atoms in total. The summed E-state index contributed by atoms with van der Waals surface area (Å²) >= 11 is 0. The van der Waals surface area contributed by atoms with Gasteiger partial charge in [0.05, 0.1) is 0 Å². The van der Waals surface area contributed by atoms with Crippen molar-refractivity contribution >= 4 is 0 Å². The summed E-state index contributed by atoms with van der Waals surface area (Å²) in [5.74, 6) is 2.39. The molecule has 0 atom stereocenters. The van der Waals surface area contributed by atoms with Crippen LogP contribution >= 0.6 is 0 Å². The maximum absolute atomic E-state index is 5.56. The molecule has 0 fully saturated rings. The third-order valence-corrected chi connectivity index (χ3v) is 3.08. The molecular weight excluding hydrogens is 236 g/mol. The number of benzene rings is 1. The zero-order valence-electron chi connectivity index (χ0n) is 11.9. The summed E-state index contributed by atoms with van der Waals surface area (Å²) in [7, 11) is 1.91. The van der Waals surface area contributed by atoms with Gasteiger partial charge in [-0.1, -0.05) is 38.1 Å². The second kappa shape index (κ2) is 5.97. The van der Waals surface area contributed by atoms with Gasteiger partial charge in [-0.25, -0.2) is 4.98 Å². The highest BCUT2D eigenvalue weighted by Crippen LogP contribution is 2.18. The van der Waals surface area contributed by atoms with E-state index in [1.807, 2.05) is 11.7 Å². The lowest BCUT2D eigenvalue weighted by Gasteiger charge is -2.04. The van der Waals surface area contributed by atoms with Crippen molar-refractivity contribution in [2.24, 2.45) is 18.7 Å². The van der Waals surface area contributed by atoms with Gasteiger partial charge in [0, 0.05) is 19.0 Å². The average Bonchev–Trinajstić information content (AvgIpc) is 2.72. The first-order valence-electron chi connectivity index (χ1n) is 6.79. The number of rotatable bonds is 5. The summed E-state index contributed by atoms with van der Waals surface area (Å²) in [6.45, 7) is 5.06. The molecule has 0 radical (unpaired) electrons. The monoisotopic (exact) mass is 258 g/mol. The van der Waals surface area contributed by atoms with Gasteiger partial charge in [0.2, 0.25) is 0 Å². The fraction of sp³-hybridized carbons (Fsp3) is 0.467. The van der Waals surface area contributed by atoms with E-state index in [0.29, 0.717) is 12.5 Å². The van der Waals surface area contributed by atoms with Crippen molar-refractivity contribution in [3.05, 3.63) is 35.7 Å². The minimum Gasteiger partial charge on any atom is -0.330 e. The van der Waals surface area contributed by atoms with E-state index in [9.17, 15) is 0 Å². The Morgan fingerprint density at radius 1 is 1.21 bits per heavy atom. The molecular formula is C15H22N4. The van der Waals surface area contributed by atoms with Crippen LogP contribution in [0.5, 0.6) is 0 Å². The van der Waals surface area contributed by atoms with Crippen molar-refractivity contribution in [1.82, 2.24) is 14.8 Å². The molecule has 2 N–H and O–H groups in total. The summed E-state index contributed by atoms with van der Waals surface area (Å²) in [6, 6.07) is 8.52. The van der Waals surface area contributed by atoms with Gasteiger partial charge in [-0.05, 0) is 24.4 Å². The molecule has 2 rings (SSSR count). The minimum atomic E-state index is 0.597. The summed E-state index contributed by atoms with van der Waals surface area (Å²) < 4.78 is 1.81. The van der Waals surface area contributed by atoms with Crippen LogP contribution in [-0.4, -0.2) is 21.3 Å². The normalized spacial score (nSPS) is 11.2. The van der Waals surface area contributed by atoms with Crippen LogP contribution < -0.4 is 5.73 Å². The molecule has 2 aromatic rings. The van der Waals surface area contributed by atoms with Crippen molar-refractivity contribution in [2.75, 3.05) is 6.54 Å². The van der Waals surface area contributed by atoms with Crippen molar-refractivity contribution in [2.45, 2.75) is 26.7 Å². The predicted molar refractivity (Wildman–Crippen MR) is 77.7 cm³/mol. The third kappa shape index (κ3) is 3.41. The molecule has 0 aliphatic carbocycles. The lowest BCUT2D eigenvalue weighted by Crippen LogP contribution is -2.08. The highest BCUT2D eigenvalue weighted by atomic mass is 15.3. The van der Waals surface area contributed by atoms with Crippen molar-refractivity contribution in [3.8, 4) is 11.4 Å². The molecule has 0 saturated heterocycles. The first-order chi connectivity index (χ1) is 9.10. The fourth-order valence-corrected chi connectivity index (χ4v) is 2.15. The van der Waals surface area contributed by atoms with E-state index >= 15 is 0 Å². The topological polar surface area (TPSA) is 56.7 Å². The molecule has 0 aliphatic rings. The molecule has 0 amide bonds. The number of hydrogen-bond donors (Lipinski definition) is 1. The Morgan fingerprint density at radius 3 is 2.47 bits per heavy atom. The first kappa shape index (κ1) is 13.7. The van der Waals surface area contributed by atoms with Crippen LogP contribution in [0.1, 0.15) is 25.2 Å². The van der Waals surface area contributed by atoms with Gasteiger partial charge in [-0.2, -0.15) is 5.10 Å². The number of aromatic nitrogens is 3. The fourth-order valence-electron chi connectivity index (χ4n) is 2.15. The molecule has 19 heavy (non-hydrogen) atoms. The molecule has 0 aliphatic heterocycles. The number of nitrogens with two attached hydrogens (primary N) is 1. The Hall–Kier alpha value is -1.68. The van der Waals surface area contributed by atoms with Gasteiger partial charge in [0.25, 0.3) is 0 Å². The molecule has 1 aromatic carbocycles. The Morgan fingerprint density at radius 2 is 1.89 bits per heavy atom. The van der Waals surface area contributed by atoms with Crippen LogP contribution in [0.3, 0.4) is 0 Å².